The van der Waals surface area contributed by atoms with E-state index in [1.807, 2.05) is 13.8 Å². The molecule has 10 atom stereocenters. The van der Waals surface area contributed by atoms with E-state index in [0.29, 0.717) is 31.3 Å². The molecule has 0 amide bonds. The first kappa shape index (κ1) is 21.6. The van der Waals surface area contributed by atoms with Gasteiger partial charge >= 0.3 is 5.97 Å². The second-order valence-electron chi connectivity index (χ2n) is 11.3. The average Bonchev–Trinajstić information content (AvgIpc) is 2.80. The number of carbonyl (C=O) groups excluding carboxylic acids is 2. The highest BCUT2D eigenvalue weighted by molar-refractivity contribution is 6.05. The van der Waals surface area contributed by atoms with Crippen LogP contribution in [0.3, 0.4) is 0 Å². The van der Waals surface area contributed by atoms with Gasteiger partial charge in [0, 0.05) is 18.8 Å². The van der Waals surface area contributed by atoms with Crippen LogP contribution in [0.15, 0.2) is 12.2 Å². The van der Waals surface area contributed by atoms with Crippen molar-refractivity contribution in [2.45, 2.75) is 96.1 Å². The Balaban J connectivity index is 1.70. The third-order valence-electron chi connectivity index (χ3n) is 9.44. The Kier molecular flexibility index (Phi) is 4.30. The fourth-order valence-electron chi connectivity index (χ4n) is 8.35. The predicted molar refractivity (Wildman–Crippen MR) is 110 cm³/mol. The molecule has 0 aromatic carbocycles. The van der Waals surface area contributed by atoms with Gasteiger partial charge in [0.05, 0.1) is 29.8 Å². The summed E-state index contributed by atoms with van der Waals surface area (Å²) in [5, 5.41) is 22.1. The number of ether oxygens (including phenoxy) is 3. The molecule has 4 saturated carbocycles. The average molecular weight is 435 g/mol. The summed E-state index contributed by atoms with van der Waals surface area (Å²) < 4.78 is 18.6. The molecule has 1 spiro atoms. The van der Waals surface area contributed by atoms with Gasteiger partial charge in [0.1, 0.15) is 5.60 Å². The smallest absolute Gasteiger partial charge is 0.303 e. The number of carbonyl (C=O) groups is 2. The molecular weight excluding hydrogens is 400 g/mol. The quantitative estimate of drug-likeness (QED) is 0.481. The van der Waals surface area contributed by atoms with Crippen molar-refractivity contribution in [1.82, 2.24) is 0 Å². The van der Waals surface area contributed by atoms with Crippen LogP contribution in [0.5, 0.6) is 0 Å². The van der Waals surface area contributed by atoms with Crippen molar-refractivity contribution >= 4 is 11.8 Å². The molecule has 0 aromatic heterocycles. The second-order valence-corrected chi connectivity index (χ2v) is 11.3. The van der Waals surface area contributed by atoms with E-state index in [-0.39, 0.29) is 17.6 Å². The number of hydrogen-bond donors (Lipinski definition) is 2. The molecule has 2 bridgehead atoms. The first-order valence-electron chi connectivity index (χ1n) is 11.4. The lowest BCUT2D eigenvalue weighted by atomic mass is 9.40. The van der Waals surface area contributed by atoms with Gasteiger partial charge in [0.15, 0.2) is 11.6 Å². The van der Waals surface area contributed by atoms with Crippen molar-refractivity contribution in [2.75, 3.05) is 0 Å². The summed E-state index contributed by atoms with van der Waals surface area (Å²) in [5.41, 5.74) is -2.01. The van der Waals surface area contributed by atoms with Crippen LogP contribution in [0, 0.1) is 28.6 Å². The Bertz CT molecular complexity index is 866. The van der Waals surface area contributed by atoms with E-state index < -0.39 is 58.5 Å². The van der Waals surface area contributed by atoms with Crippen molar-refractivity contribution < 1.29 is 34.0 Å². The summed E-state index contributed by atoms with van der Waals surface area (Å²) in [4.78, 5) is 25.9. The summed E-state index contributed by atoms with van der Waals surface area (Å²) in [7, 11) is 0. The van der Waals surface area contributed by atoms with Gasteiger partial charge in [-0.3, -0.25) is 9.59 Å². The molecule has 2 N–H and O–H groups in total. The molecule has 1 saturated heterocycles. The highest BCUT2D eigenvalue weighted by Gasteiger charge is 2.79. The van der Waals surface area contributed by atoms with E-state index >= 15 is 0 Å². The Morgan fingerprint density at radius 1 is 1.13 bits per heavy atom. The fraction of sp³-hybridized carbons (Fsp3) is 0.833. The van der Waals surface area contributed by atoms with Gasteiger partial charge in [-0.05, 0) is 63.4 Å². The standard InChI is InChI=1S/C24H34O7/c1-11-18-13(26)9-15-22(5)8-7-16(27)23(6,29-12(2)25)14(22)10-17-24(15,19(11)28)20(18)31-21(3,4)30-17/h13-18,20,26-27H,1,7-10H2,2-6H3/t13-,14-,15-,16-,17+,18+,20+,22+,23-,24-/m0/s1. The van der Waals surface area contributed by atoms with Crippen molar-refractivity contribution in [1.29, 1.82) is 0 Å². The van der Waals surface area contributed by atoms with Gasteiger partial charge in [0.25, 0.3) is 0 Å². The monoisotopic (exact) mass is 434 g/mol. The molecule has 0 aromatic rings. The maximum absolute atomic E-state index is 13.8. The van der Waals surface area contributed by atoms with Gasteiger partial charge in [-0.15, -0.1) is 0 Å². The maximum atomic E-state index is 13.8. The number of fused-ring (bicyclic) bond motifs is 2. The van der Waals surface area contributed by atoms with Crippen LogP contribution in [-0.2, 0) is 23.8 Å². The Morgan fingerprint density at radius 3 is 2.45 bits per heavy atom. The lowest BCUT2D eigenvalue weighted by Gasteiger charge is -2.69. The number of aliphatic hydroxyl groups is 2. The first-order chi connectivity index (χ1) is 14.3. The fourth-order valence-corrected chi connectivity index (χ4v) is 8.35. The summed E-state index contributed by atoms with van der Waals surface area (Å²) in [6, 6.07) is 0. The molecule has 5 fully saturated rings. The zero-order valence-electron chi connectivity index (χ0n) is 19.0. The largest absolute Gasteiger partial charge is 0.456 e. The van der Waals surface area contributed by atoms with Crippen LogP contribution < -0.4 is 0 Å². The van der Waals surface area contributed by atoms with E-state index in [2.05, 4.69) is 13.5 Å². The number of hydrogen-bond acceptors (Lipinski definition) is 7. The van der Waals surface area contributed by atoms with E-state index in [1.54, 1.807) is 6.92 Å². The molecule has 5 rings (SSSR count). The molecule has 172 valence electrons. The number of ketones is 1. The summed E-state index contributed by atoms with van der Waals surface area (Å²) >= 11 is 0. The molecule has 5 aliphatic rings. The number of Topliss-reactive ketones (excluding diaryl/α,β-unsaturated/α-hetero) is 1. The molecular formula is C24H34O7. The molecule has 0 radical (unpaired) electrons. The lowest BCUT2D eigenvalue weighted by Crippen LogP contribution is -2.75. The van der Waals surface area contributed by atoms with Gasteiger partial charge in [-0.25, -0.2) is 0 Å². The minimum atomic E-state index is -1.10. The van der Waals surface area contributed by atoms with Crippen LogP contribution >= 0.6 is 0 Å². The van der Waals surface area contributed by atoms with Gasteiger partial charge in [-0.2, -0.15) is 0 Å². The van der Waals surface area contributed by atoms with Crippen LogP contribution in [0.2, 0.25) is 0 Å². The predicted octanol–water partition coefficient (Wildman–Crippen LogP) is 2.13. The van der Waals surface area contributed by atoms with E-state index in [0.717, 1.165) is 0 Å². The Hall–Kier alpha value is -1.28. The Morgan fingerprint density at radius 2 is 1.81 bits per heavy atom. The zero-order valence-corrected chi connectivity index (χ0v) is 19.0. The minimum absolute atomic E-state index is 0.0514. The topological polar surface area (TPSA) is 102 Å². The molecule has 0 unspecified atom stereocenters. The lowest BCUT2D eigenvalue weighted by molar-refractivity contribution is -0.389. The highest BCUT2D eigenvalue weighted by atomic mass is 16.7. The van der Waals surface area contributed by atoms with Crippen molar-refractivity contribution in [3.8, 4) is 0 Å². The maximum Gasteiger partial charge on any atom is 0.303 e. The normalized spacial score (nSPS) is 54.7. The SMILES string of the molecule is C=C1C(=O)[C@@]23[C@@H]4OC(C)(C)O[C@@H]2C[C@H]2[C@@](C)(CC[C@H](O)[C@@]2(C)OC(C)=O)[C@@H]3C[C@H](O)[C@@H]14. The van der Waals surface area contributed by atoms with E-state index in [1.165, 1.54) is 6.92 Å². The highest BCUT2D eigenvalue weighted by Crippen LogP contribution is 2.72. The van der Waals surface area contributed by atoms with E-state index in [4.69, 9.17) is 14.2 Å². The zero-order chi connectivity index (χ0) is 22.7. The van der Waals surface area contributed by atoms with Crippen LogP contribution in [0.1, 0.15) is 60.3 Å². The summed E-state index contributed by atoms with van der Waals surface area (Å²) in [6.07, 6.45) is -0.455. The van der Waals surface area contributed by atoms with Crippen molar-refractivity contribution in [2.24, 2.45) is 28.6 Å². The number of esters is 1. The third kappa shape index (κ3) is 2.44. The van der Waals surface area contributed by atoms with Crippen molar-refractivity contribution in [3.63, 3.8) is 0 Å². The first-order valence-corrected chi connectivity index (χ1v) is 11.4. The van der Waals surface area contributed by atoms with Crippen LogP contribution in [0.25, 0.3) is 0 Å². The molecule has 31 heavy (non-hydrogen) atoms. The Labute approximate surface area is 183 Å². The molecule has 1 aliphatic heterocycles. The van der Waals surface area contributed by atoms with Gasteiger partial charge < -0.3 is 24.4 Å². The second kappa shape index (κ2) is 6.19. The van der Waals surface area contributed by atoms with E-state index in [9.17, 15) is 19.8 Å². The number of rotatable bonds is 1. The van der Waals surface area contributed by atoms with Crippen LogP contribution in [-0.4, -0.2) is 57.8 Å². The summed E-state index contributed by atoms with van der Waals surface area (Å²) in [5.74, 6) is -2.31. The minimum Gasteiger partial charge on any atom is -0.456 e. The molecule has 7 heteroatoms. The third-order valence-corrected chi connectivity index (χ3v) is 9.44. The van der Waals surface area contributed by atoms with Gasteiger partial charge in [0.2, 0.25) is 0 Å². The van der Waals surface area contributed by atoms with Gasteiger partial charge in [-0.1, -0.05) is 13.5 Å². The molecule has 1 heterocycles. The number of aliphatic hydroxyl groups excluding tert-OH is 2. The van der Waals surface area contributed by atoms with Crippen molar-refractivity contribution in [3.05, 3.63) is 12.2 Å². The summed E-state index contributed by atoms with van der Waals surface area (Å²) in [6.45, 7) is 13.0. The molecule has 7 nitrogen and oxygen atoms in total. The molecule has 4 aliphatic carbocycles. The van der Waals surface area contributed by atoms with Crippen LogP contribution in [0.4, 0.5) is 0 Å².